The standard InChI is InChI=1S/C28H20N2O/c1-28(2)20-14-12-18-17-10-6-7-11-21(17)29-25(18)23(20)19-13-15-22-26(24(19)28)30-27(31-22)16-8-4-3-5-9-16/h3-15,29H,1-2H3. The first kappa shape index (κ1) is 16.9. The maximum Gasteiger partial charge on any atom is 0.227 e. The highest BCUT2D eigenvalue weighted by molar-refractivity contribution is 6.14. The first-order valence-corrected chi connectivity index (χ1v) is 10.7. The predicted molar refractivity (Wildman–Crippen MR) is 126 cm³/mol. The molecule has 0 saturated carbocycles. The molecule has 2 heterocycles. The van der Waals surface area contributed by atoms with Crippen LogP contribution in [0.15, 0.2) is 83.3 Å². The summed E-state index contributed by atoms with van der Waals surface area (Å²) in [6, 6.07) is 27.5. The van der Waals surface area contributed by atoms with E-state index in [1.807, 2.05) is 30.3 Å². The number of oxazole rings is 1. The number of nitrogens with one attached hydrogen (secondary N) is 1. The van der Waals surface area contributed by atoms with Crippen molar-refractivity contribution < 1.29 is 4.42 Å². The van der Waals surface area contributed by atoms with Crippen molar-refractivity contribution in [1.29, 1.82) is 0 Å². The number of H-pyrrole nitrogens is 1. The molecule has 1 aliphatic rings. The van der Waals surface area contributed by atoms with Gasteiger partial charge >= 0.3 is 0 Å². The van der Waals surface area contributed by atoms with E-state index in [9.17, 15) is 0 Å². The molecule has 7 rings (SSSR count). The lowest BCUT2D eigenvalue weighted by atomic mass is 9.81. The SMILES string of the molecule is CC1(C)c2ccc3c([nH]c4ccccc43)c2-c2ccc3oc(-c4ccccc4)nc3c21. The summed E-state index contributed by atoms with van der Waals surface area (Å²) in [4.78, 5) is 8.67. The Balaban J connectivity index is 1.57. The molecule has 0 radical (unpaired) electrons. The van der Waals surface area contributed by atoms with E-state index >= 15 is 0 Å². The van der Waals surface area contributed by atoms with Crippen molar-refractivity contribution >= 4 is 32.9 Å². The van der Waals surface area contributed by atoms with Crippen molar-refractivity contribution in [3.05, 3.63) is 90.0 Å². The summed E-state index contributed by atoms with van der Waals surface area (Å²) in [5, 5.41) is 2.53. The van der Waals surface area contributed by atoms with Crippen LogP contribution in [0.4, 0.5) is 0 Å². The molecule has 4 aromatic carbocycles. The lowest BCUT2D eigenvalue weighted by Gasteiger charge is -2.21. The van der Waals surface area contributed by atoms with Crippen LogP contribution in [0.25, 0.3) is 55.5 Å². The monoisotopic (exact) mass is 400 g/mol. The molecule has 0 amide bonds. The van der Waals surface area contributed by atoms with Crippen molar-refractivity contribution in [2.45, 2.75) is 19.3 Å². The highest BCUT2D eigenvalue weighted by Crippen LogP contribution is 2.54. The van der Waals surface area contributed by atoms with Gasteiger partial charge in [0.2, 0.25) is 5.89 Å². The summed E-state index contributed by atoms with van der Waals surface area (Å²) >= 11 is 0. The Labute approximate surface area is 179 Å². The maximum atomic E-state index is 6.19. The topological polar surface area (TPSA) is 41.8 Å². The van der Waals surface area contributed by atoms with Gasteiger partial charge in [-0.05, 0) is 41.0 Å². The first-order valence-electron chi connectivity index (χ1n) is 10.7. The first-order chi connectivity index (χ1) is 15.1. The summed E-state index contributed by atoms with van der Waals surface area (Å²) in [7, 11) is 0. The van der Waals surface area contributed by atoms with Gasteiger partial charge in [0.05, 0.1) is 5.52 Å². The molecular weight excluding hydrogens is 380 g/mol. The fourth-order valence-electron chi connectivity index (χ4n) is 5.39. The molecule has 2 aromatic heterocycles. The van der Waals surface area contributed by atoms with Gasteiger partial charge in [0.1, 0.15) is 5.52 Å². The van der Waals surface area contributed by atoms with Gasteiger partial charge in [-0.2, -0.15) is 0 Å². The van der Waals surface area contributed by atoms with Crippen molar-refractivity contribution in [2.24, 2.45) is 0 Å². The lowest BCUT2D eigenvalue weighted by molar-refractivity contribution is 0.619. The zero-order chi connectivity index (χ0) is 20.7. The Morgan fingerprint density at radius 2 is 1.61 bits per heavy atom. The van der Waals surface area contributed by atoms with Gasteiger partial charge in [0, 0.05) is 32.8 Å². The molecule has 1 aliphatic carbocycles. The van der Waals surface area contributed by atoms with Crippen LogP contribution in [0.3, 0.4) is 0 Å². The van der Waals surface area contributed by atoms with E-state index in [-0.39, 0.29) is 5.41 Å². The Hall–Kier alpha value is -3.85. The van der Waals surface area contributed by atoms with E-state index in [1.54, 1.807) is 0 Å². The average molecular weight is 400 g/mol. The van der Waals surface area contributed by atoms with Crippen LogP contribution >= 0.6 is 0 Å². The molecule has 1 N–H and O–H groups in total. The van der Waals surface area contributed by atoms with Crippen LogP contribution in [-0.2, 0) is 5.41 Å². The average Bonchev–Trinajstić information content (AvgIpc) is 3.45. The van der Waals surface area contributed by atoms with E-state index in [4.69, 9.17) is 9.40 Å². The van der Waals surface area contributed by atoms with Gasteiger partial charge in [-0.15, -0.1) is 0 Å². The predicted octanol–water partition coefficient (Wildman–Crippen LogP) is 7.44. The van der Waals surface area contributed by atoms with Crippen molar-refractivity contribution in [3.8, 4) is 22.6 Å². The van der Waals surface area contributed by atoms with E-state index in [2.05, 4.69) is 67.4 Å². The second-order valence-corrected chi connectivity index (χ2v) is 8.93. The van der Waals surface area contributed by atoms with Gasteiger partial charge in [-0.25, -0.2) is 4.98 Å². The van der Waals surface area contributed by atoms with Gasteiger partial charge in [-0.1, -0.05) is 68.4 Å². The summed E-state index contributed by atoms with van der Waals surface area (Å²) in [6.07, 6.45) is 0. The molecule has 0 unspecified atom stereocenters. The Morgan fingerprint density at radius 3 is 2.48 bits per heavy atom. The zero-order valence-electron chi connectivity index (χ0n) is 17.4. The van der Waals surface area contributed by atoms with Crippen LogP contribution in [0.1, 0.15) is 25.0 Å². The molecule has 0 saturated heterocycles. The molecule has 0 bridgehead atoms. The van der Waals surface area contributed by atoms with Gasteiger partial charge in [0.15, 0.2) is 5.58 Å². The molecule has 3 heteroatoms. The number of nitrogens with zero attached hydrogens (tertiary/aromatic N) is 1. The normalized spacial score (nSPS) is 14.4. The third-order valence-electron chi connectivity index (χ3n) is 6.83. The molecule has 0 spiro atoms. The minimum Gasteiger partial charge on any atom is -0.436 e. The number of hydrogen-bond acceptors (Lipinski definition) is 2. The van der Waals surface area contributed by atoms with Crippen LogP contribution in [0.2, 0.25) is 0 Å². The molecular formula is C28H20N2O. The van der Waals surface area contributed by atoms with E-state index in [1.165, 1.54) is 44.1 Å². The maximum absolute atomic E-state index is 6.19. The Morgan fingerprint density at radius 1 is 0.806 bits per heavy atom. The Bertz CT molecular complexity index is 1650. The molecule has 0 aliphatic heterocycles. The molecule has 6 aromatic rings. The zero-order valence-corrected chi connectivity index (χ0v) is 17.4. The van der Waals surface area contributed by atoms with Crippen LogP contribution in [0, 0.1) is 0 Å². The minimum atomic E-state index is -0.166. The van der Waals surface area contributed by atoms with Crippen molar-refractivity contribution in [1.82, 2.24) is 9.97 Å². The number of hydrogen-bond donors (Lipinski definition) is 1. The highest BCUT2D eigenvalue weighted by atomic mass is 16.3. The second kappa shape index (κ2) is 5.64. The third kappa shape index (κ3) is 2.10. The van der Waals surface area contributed by atoms with Crippen LogP contribution < -0.4 is 0 Å². The fraction of sp³-hybridized carbons (Fsp3) is 0.107. The van der Waals surface area contributed by atoms with E-state index in [0.717, 1.165) is 16.7 Å². The molecule has 3 nitrogen and oxygen atoms in total. The van der Waals surface area contributed by atoms with Gasteiger partial charge in [0.25, 0.3) is 0 Å². The largest absolute Gasteiger partial charge is 0.436 e. The van der Waals surface area contributed by atoms with Crippen LogP contribution in [-0.4, -0.2) is 9.97 Å². The lowest BCUT2D eigenvalue weighted by Crippen LogP contribution is -2.15. The summed E-state index contributed by atoms with van der Waals surface area (Å²) in [5.41, 5.74) is 10.1. The summed E-state index contributed by atoms with van der Waals surface area (Å²) in [6.45, 7) is 4.59. The Kier molecular flexibility index (Phi) is 3.07. The molecule has 0 fully saturated rings. The van der Waals surface area contributed by atoms with Crippen molar-refractivity contribution in [2.75, 3.05) is 0 Å². The molecule has 0 atom stereocenters. The molecule has 31 heavy (non-hydrogen) atoms. The van der Waals surface area contributed by atoms with Gasteiger partial charge < -0.3 is 9.40 Å². The highest BCUT2D eigenvalue weighted by Gasteiger charge is 2.39. The number of aromatic amines is 1. The van der Waals surface area contributed by atoms with Crippen molar-refractivity contribution in [3.63, 3.8) is 0 Å². The number of benzene rings is 4. The fourth-order valence-corrected chi connectivity index (χ4v) is 5.39. The minimum absolute atomic E-state index is 0.166. The van der Waals surface area contributed by atoms with E-state index < -0.39 is 0 Å². The summed E-state index contributed by atoms with van der Waals surface area (Å²) in [5.74, 6) is 0.673. The second-order valence-electron chi connectivity index (χ2n) is 8.93. The number of para-hydroxylation sites is 1. The number of aromatic nitrogens is 2. The quantitative estimate of drug-likeness (QED) is 0.312. The number of rotatable bonds is 1. The number of fused-ring (bicyclic) bond motifs is 9. The smallest absolute Gasteiger partial charge is 0.227 e. The van der Waals surface area contributed by atoms with Gasteiger partial charge in [-0.3, -0.25) is 0 Å². The summed E-state index contributed by atoms with van der Waals surface area (Å²) < 4.78 is 6.19. The van der Waals surface area contributed by atoms with Crippen LogP contribution in [0.5, 0.6) is 0 Å². The molecule has 148 valence electrons. The third-order valence-corrected chi connectivity index (χ3v) is 6.83. The van der Waals surface area contributed by atoms with E-state index in [0.29, 0.717) is 5.89 Å².